The van der Waals surface area contributed by atoms with Crippen LogP contribution in [0.4, 0.5) is 8.78 Å². The maximum atomic E-state index is 12.3. The highest BCUT2D eigenvalue weighted by Crippen LogP contribution is 2.22. The van der Waals surface area contributed by atoms with Crippen molar-refractivity contribution in [1.82, 2.24) is 9.62 Å². The minimum absolute atomic E-state index is 0.0436. The van der Waals surface area contributed by atoms with Crippen molar-refractivity contribution in [3.05, 3.63) is 28.8 Å². The Bertz CT molecular complexity index is 552. The number of alkyl halides is 2. The van der Waals surface area contributed by atoms with Crippen molar-refractivity contribution >= 4 is 21.6 Å². The topological polar surface area (TPSA) is 49.4 Å². The molecule has 0 unspecified atom stereocenters. The molecule has 0 heterocycles. The van der Waals surface area contributed by atoms with E-state index in [0.717, 1.165) is 7.05 Å². The summed E-state index contributed by atoms with van der Waals surface area (Å²) < 4.78 is 49.5. The van der Waals surface area contributed by atoms with Crippen molar-refractivity contribution < 1.29 is 17.2 Å². The molecule has 0 spiro atoms. The second-order valence-corrected chi connectivity index (χ2v) is 6.66. The van der Waals surface area contributed by atoms with Gasteiger partial charge in [0, 0.05) is 18.6 Å². The first-order valence-corrected chi connectivity index (χ1v) is 7.84. The van der Waals surface area contributed by atoms with Gasteiger partial charge >= 0.3 is 0 Å². The van der Waals surface area contributed by atoms with Crippen LogP contribution >= 0.6 is 11.6 Å². The lowest BCUT2D eigenvalue weighted by Gasteiger charge is -2.17. The van der Waals surface area contributed by atoms with Crippen molar-refractivity contribution in [3.63, 3.8) is 0 Å². The average Bonchev–Trinajstić information content (AvgIpc) is 2.36. The molecule has 0 aliphatic carbocycles. The first-order chi connectivity index (χ1) is 9.28. The van der Waals surface area contributed by atoms with Crippen LogP contribution in [0.3, 0.4) is 0 Å². The van der Waals surface area contributed by atoms with Crippen LogP contribution in [-0.2, 0) is 16.6 Å². The molecular weight excluding hydrogens is 310 g/mol. The number of nitrogens with one attached hydrogen (secondary N) is 1. The highest BCUT2D eigenvalue weighted by Gasteiger charge is 2.24. The fraction of sp³-hybridized carbons (Fsp3) is 0.500. The summed E-state index contributed by atoms with van der Waals surface area (Å²) in [5.41, 5.74) is 0.611. The third-order valence-electron chi connectivity index (χ3n) is 2.69. The van der Waals surface area contributed by atoms with Crippen LogP contribution in [0, 0.1) is 0 Å². The van der Waals surface area contributed by atoms with Crippen LogP contribution in [0.25, 0.3) is 0 Å². The lowest BCUT2D eigenvalue weighted by Crippen LogP contribution is -2.31. The van der Waals surface area contributed by atoms with Crippen LogP contribution in [0.2, 0.25) is 5.02 Å². The molecule has 114 valence electrons. The van der Waals surface area contributed by atoms with Gasteiger partial charge in [-0.05, 0) is 30.3 Å². The number of hydrogen-bond donors (Lipinski definition) is 1. The van der Waals surface area contributed by atoms with Gasteiger partial charge in [-0.15, -0.1) is 0 Å². The molecule has 1 aromatic carbocycles. The molecule has 0 aliphatic rings. The third kappa shape index (κ3) is 4.37. The Kier molecular flexibility index (Phi) is 6.32. The second kappa shape index (κ2) is 7.31. The van der Waals surface area contributed by atoms with Gasteiger partial charge in [-0.3, -0.25) is 0 Å². The summed E-state index contributed by atoms with van der Waals surface area (Å²) in [4.78, 5) is -0.0436. The van der Waals surface area contributed by atoms with Gasteiger partial charge in [0.25, 0.3) is 6.43 Å². The van der Waals surface area contributed by atoms with Gasteiger partial charge in [0.05, 0.1) is 11.4 Å². The molecule has 0 amide bonds. The number of halogens is 3. The normalized spacial score (nSPS) is 12.3. The Labute approximate surface area is 122 Å². The fourth-order valence-electron chi connectivity index (χ4n) is 1.58. The zero-order valence-electron chi connectivity index (χ0n) is 11.2. The first kappa shape index (κ1) is 17.3. The summed E-state index contributed by atoms with van der Waals surface area (Å²) in [5.74, 6) is 0. The first-order valence-electron chi connectivity index (χ1n) is 6.02. The van der Waals surface area contributed by atoms with E-state index in [2.05, 4.69) is 5.32 Å². The van der Waals surface area contributed by atoms with E-state index in [1.165, 1.54) is 18.2 Å². The molecule has 1 rings (SSSR count). The minimum Gasteiger partial charge on any atom is -0.313 e. The van der Waals surface area contributed by atoms with Crippen molar-refractivity contribution in [2.24, 2.45) is 0 Å². The van der Waals surface area contributed by atoms with Gasteiger partial charge in [-0.2, -0.15) is 4.31 Å². The minimum atomic E-state index is -3.93. The van der Waals surface area contributed by atoms with E-state index < -0.39 is 23.0 Å². The number of nitrogens with zero attached hydrogens (tertiary/aromatic N) is 1. The Morgan fingerprint density at radius 3 is 2.60 bits per heavy atom. The molecule has 20 heavy (non-hydrogen) atoms. The van der Waals surface area contributed by atoms with E-state index in [1.54, 1.807) is 0 Å². The standard InChI is InChI=1S/C12H17ClF2N2O2S/c1-3-16-7-9-6-10(4-5-11(9)13)20(18,19)17(2)8-12(14)15/h4-6,12,16H,3,7-8H2,1-2H3. The molecule has 8 heteroatoms. The molecule has 0 radical (unpaired) electrons. The molecular formula is C12H17ClF2N2O2S. The van der Waals surface area contributed by atoms with E-state index in [0.29, 0.717) is 28.0 Å². The number of hydrogen-bond acceptors (Lipinski definition) is 3. The molecule has 1 N–H and O–H groups in total. The maximum Gasteiger partial charge on any atom is 0.252 e. The summed E-state index contributed by atoms with van der Waals surface area (Å²) in [6.07, 6.45) is -2.72. The van der Waals surface area contributed by atoms with Gasteiger partial charge in [0.15, 0.2) is 0 Å². The van der Waals surface area contributed by atoms with Crippen molar-refractivity contribution in [3.8, 4) is 0 Å². The summed E-state index contributed by atoms with van der Waals surface area (Å²) in [6, 6.07) is 4.18. The predicted octanol–water partition coefficient (Wildman–Crippen LogP) is 2.34. The quantitative estimate of drug-likeness (QED) is 0.836. The summed E-state index contributed by atoms with van der Waals surface area (Å²) in [5, 5.41) is 3.46. The SMILES string of the molecule is CCNCc1cc(S(=O)(=O)N(C)CC(F)F)ccc1Cl. The van der Waals surface area contributed by atoms with Gasteiger partial charge in [0.2, 0.25) is 10.0 Å². The van der Waals surface area contributed by atoms with Gasteiger partial charge in [0.1, 0.15) is 0 Å². The molecule has 0 saturated carbocycles. The van der Waals surface area contributed by atoms with E-state index in [1.807, 2.05) is 6.92 Å². The Morgan fingerprint density at radius 2 is 2.05 bits per heavy atom. The zero-order valence-corrected chi connectivity index (χ0v) is 12.8. The number of benzene rings is 1. The highest BCUT2D eigenvalue weighted by molar-refractivity contribution is 7.89. The van der Waals surface area contributed by atoms with Gasteiger partial charge < -0.3 is 5.32 Å². The van der Waals surface area contributed by atoms with Crippen LogP contribution in [0.15, 0.2) is 23.1 Å². The van der Waals surface area contributed by atoms with Crippen molar-refractivity contribution in [2.75, 3.05) is 20.1 Å². The van der Waals surface area contributed by atoms with Gasteiger partial charge in [-0.25, -0.2) is 17.2 Å². The fourth-order valence-corrected chi connectivity index (χ4v) is 2.96. The van der Waals surface area contributed by atoms with Crippen LogP contribution < -0.4 is 5.32 Å². The third-order valence-corrected chi connectivity index (χ3v) is 4.87. The average molecular weight is 327 g/mol. The van der Waals surface area contributed by atoms with Gasteiger partial charge in [-0.1, -0.05) is 18.5 Å². The molecule has 0 saturated heterocycles. The Hall–Kier alpha value is -0.760. The van der Waals surface area contributed by atoms with Crippen LogP contribution in [0.5, 0.6) is 0 Å². The summed E-state index contributed by atoms with van der Waals surface area (Å²) in [6.45, 7) is 2.19. The van der Waals surface area contributed by atoms with E-state index in [4.69, 9.17) is 11.6 Å². The van der Waals surface area contributed by atoms with Crippen molar-refractivity contribution in [2.45, 2.75) is 24.8 Å². The number of sulfonamides is 1. The van der Waals surface area contributed by atoms with E-state index in [-0.39, 0.29) is 4.90 Å². The van der Waals surface area contributed by atoms with Crippen molar-refractivity contribution in [1.29, 1.82) is 0 Å². The summed E-state index contributed by atoms with van der Waals surface area (Å²) in [7, 11) is -2.81. The largest absolute Gasteiger partial charge is 0.313 e. The molecule has 0 aliphatic heterocycles. The molecule has 0 atom stereocenters. The molecule has 0 fully saturated rings. The zero-order chi connectivity index (χ0) is 15.3. The van der Waals surface area contributed by atoms with E-state index >= 15 is 0 Å². The molecule has 4 nitrogen and oxygen atoms in total. The molecule has 1 aromatic rings. The second-order valence-electron chi connectivity index (χ2n) is 4.21. The van der Waals surface area contributed by atoms with Crippen LogP contribution in [0.1, 0.15) is 12.5 Å². The van der Waals surface area contributed by atoms with E-state index in [9.17, 15) is 17.2 Å². The Balaban J connectivity index is 3.06. The highest BCUT2D eigenvalue weighted by atomic mass is 35.5. The molecule has 0 bridgehead atoms. The Morgan fingerprint density at radius 1 is 1.40 bits per heavy atom. The number of rotatable bonds is 7. The van der Waals surface area contributed by atoms with Crippen LogP contribution in [-0.4, -0.2) is 39.3 Å². The lowest BCUT2D eigenvalue weighted by atomic mass is 10.2. The summed E-state index contributed by atoms with van der Waals surface area (Å²) >= 11 is 5.98. The maximum absolute atomic E-state index is 12.3. The lowest BCUT2D eigenvalue weighted by molar-refractivity contribution is 0.126. The smallest absolute Gasteiger partial charge is 0.252 e. The molecule has 0 aromatic heterocycles. The monoisotopic (exact) mass is 326 g/mol. The predicted molar refractivity (Wildman–Crippen MR) is 74.7 cm³/mol.